The van der Waals surface area contributed by atoms with Gasteiger partial charge < -0.3 is 0 Å². The third kappa shape index (κ3) is 3.18. The van der Waals surface area contributed by atoms with Crippen molar-refractivity contribution in [2.24, 2.45) is 0 Å². The smallest absolute Gasteiger partial charge is 0.0317 e. The van der Waals surface area contributed by atoms with Crippen LogP contribution in [0.4, 0.5) is 0 Å². The predicted molar refractivity (Wildman–Crippen MR) is 53.1 cm³/mol. The maximum absolute atomic E-state index is 3.35. The van der Waals surface area contributed by atoms with Gasteiger partial charge in [-0.15, -0.1) is 13.2 Å². The van der Waals surface area contributed by atoms with Gasteiger partial charge in [-0.05, 0) is 44.0 Å². The molecule has 0 nitrogen and oxygen atoms in total. The van der Waals surface area contributed by atoms with Crippen LogP contribution in [0.1, 0.15) is 0 Å². The van der Waals surface area contributed by atoms with Crippen LogP contribution >= 0.6 is 31.9 Å². The van der Waals surface area contributed by atoms with E-state index in [1.54, 1.807) is 0 Å². The Bertz CT molecular complexity index is 175. The van der Waals surface area contributed by atoms with Gasteiger partial charge in [0.15, 0.2) is 0 Å². The minimum Gasteiger partial charge on any atom is -0.106 e. The molecule has 10 heavy (non-hydrogen) atoms. The Morgan fingerprint density at radius 3 is 1.40 bits per heavy atom. The highest BCUT2D eigenvalue weighted by Crippen LogP contribution is 2.20. The lowest BCUT2D eigenvalue weighted by molar-refractivity contribution is 1.59. The van der Waals surface area contributed by atoms with E-state index in [1.165, 1.54) is 0 Å². The van der Waals surface area contributed by atoms with E-state index in [4.69, 9.17) is 0 Å². The summed E-state index contributed by atoms with van der Waals surface area (Å²) in [4.78, 5) is 0. The Kier molecular flexibility index (Phi) is 5.64. The maximum Gasteiger partial charge on any atom is 0.0317 e. The minimum atomic E-state index is 1.10. The molecule has 0 bridgehead atoms. The molecule has 1 aromatic carbocycles. The molecule has 0 spiro atoms. The van der Waals surface area contributed by atoms with Gasteiger partial charge in [0, 0.05) is 8.95 Å². The van der Waals surface area contributed by atoms with Crippen LogP contribution in [0, 0.1) is 0 Å². The Hall–Kier alpha value is -0.0800. The molecule has 0 radical (unpaired) electrons. The molecular formula is C8H8Br2. The summed E-state index contributed by atoms with van der Waals surface area (Å²) < 4.78 is 2.19. The molecule has 0 fully saturated rings. The Morgan fingerprint density at radius 2 is 1.20 bits per heavy atom. The third-order valence-electron chi connectivity index (χ3n) is 0.824. The predicted octanol–water partition coefficient (Wildman–Crippen LogP) is 4.01. The summed E-state index contributed by atoms with van der Waals surface area (Å²) in [6.07, 6.45) is 0. The number of rotatable bonds is 0. The largest absolute Gasteiger partial charge is 0.106 e. The van der Waals surface area contributed by atoms with Crippen molar-refractivity contribution in [3.05, 3.63) is 46.4 Å². The summed E-state index contributed by atoms with van der Waals surface area (Å²) in [6.45, 7) is 6.00. The second-order valence-corrected chi connectivity index (χ2v) is 3.12. The molecule has 0 aliphatic rings. The van der Waals surface area contributed by atoms with E-state index in [0.29, 0.717) is 0 Å². The van der Waals surface area contributed by atoms with E-state index in [0.717, 1.165) is 8.95 Å². The van der Waals surface area contributed by atoms with Crippen LogP contribution in [-0.2, 0) is 0 Å². The van der Waals surface area contributed by atoms with Crippen molar-refractivity contribution in [2.45, 2.75) is 0 Å². The number of hydrogen-bond acceptors (Lipinski definition) is 0. The fourth-order valence-electron chi connectivity index (χ4n) is 0.439. The Labute approximate surface area is 78.2 Å². The number of benzene rings is 1. The highest BCUT2D eigenvalue weighted by molar-refractivity contribution is 9.13. The normalized spacial score (nSPS) is 7.80. The summed E-state index contributed by atoms with van der Waals surface area (Å²) >= 11 is 6.70. The molecule has 0 heterocycles. The highest BCUT2D eigenvalue weighted by atomic mass is 79.9. The molecule has 54 valence electrons. The van der Waals surface area contributed by atoms with Gasteiger partial charge in [-0.25, -0.2) is 0 Å². The first-order valence-corrected chi connectivity index (χ1v) is 4.29. The molecule has 0 aromatic heterocycles. The van der Waals surface area contributed by atoms with Crippen molar-refractivity contribution in [2.75, 3.05) is 0 Å². The van der Waals surface area contributed by atoms with E-state index < -0.39 is 0 Å². The van der Waals surface area contributed by atoms with Crippen LogP contribution in [0.5, 0.6) is 0 Å². The Morgan fingerprint density at radius 1 is 0.900 bits per heavy atom. The first kappa shape index (κ1) is 9.92. The molecule has 1 rings (SSSR count). The van der Waals surface area contributed by atoms with Crippen LogP contribution in [0.25, 0.3) is 0 Å². The van der Waals surface area contributed by atoms with E-state index in [-0.39, 0.29) is 0 Å². The summed E-state index contributed by atoms with van der Waals surface area (Å²) in [6, 6.07) is 7.94. The number of halogens is 2. The van der Waals surface area contributed by atoms with Gasteiger partial charge in [-0.3, -0.25) is 0 Å². The monoisotopic (exact) mass is 262 g/mol. The van der Waals surface area contributed by atoms with Gasteiger partial charge in [0.2, 0.25) is 0 Å². The minimum absolute atomic E-state index is 1.10. The number of hydrogen-bond donors (Lipinski definition) is 0. The molecule has 0 saturated heterocycles. The average molecular weight is 264 g/mol. The van der Waals surface area contributed by atoms with Crippen molar-refractivity contribution in [1.29, 1.82) is 0 Å². The third-order valence-corrected chi connectivity index (χ3v) is 2.74. The first-order chi connectivity index (χ1) is 4.80. The van der Waals surface area contributed by atoms with Gasteiger partial charge in [0.1, 0.15) is 0 Å². The van der Waals surface area contributed by atoms with E-state index >= 15 is 0 Å². The second kappa shape index (κ2) is 5.69. The summed E-state index contributed by atoms with van der Waals surface area (Å²) in [5, 5.41) is 0. The fourth-order valence-corrected chi connectivity index (χ4v) is 1.01. The first-order valence-electron chi connectivity index (χ1n) is 2.71. The quantitative estimate of drug-likeness (QED) is 0.621. The Balaban J connectivity index is 0.000000371. The van der Waals surface area contributed by atoms with Crippen molar-refractivity contribution < 1.29 is 0 Å². The lowest BCUT2D eigenvalue weighted by Gasteiger charge is -1.89. The van der Waals surface area contributed by atoms with Gasteiger partial charge in [0.25, 0.3) is 0 Å². The van der Waals surface area contributed by atoms with Crippen LogP contribution in [0.2, 0.25) is 0 Å². The van der Waals surface area contributed by atoms with Crippen molar-refractivity contribution in [1.82, 2.24) is 0 Å². The SMILES string of the molecule is Brc1ccccc1Br.C=C. The average Bonchev–Trinajstić information content (AvgIpc) is 2.00. The summed E-state index contributed by atoms with van der Waals surface area (Å²) in [7, 11) is 0. The van der Waals surface area contributed by atoms with Crippen LogP contribution in [-0.4, -0.2) is 0 Å². The lowest BCUT2D eigenvalue weighted by Crippen LogP contribution is -1.63. The van der Waals surface area contributed by atoms with Gasteiger partial charge in [0.05, 0.1) is 0 Å². The molecular weight excluding hydrogens is 256 g/mol. The van der Waals surface area contributed by atoms with Crippen molar-refractivity contribution >= 4 is 31.9 Å². The zero-order valence-electron chi connectivity index (χ0n) is 5.48. The van der Waals surface area contributed by atoms with Crippen molar-refractivity contribution in [3.63, 3.8) is 0 Å². The van der Waals surface area contributed by atoms with E-state index in [1.807, 2.05) is 24.3 Å². The van der Waals surface area contributed by atoms with E-state index in [2.05, 4.69) is 45.0 Å². The van der Waals surface area contributed by atoms with E-state index in [9.17, 15) is 0 Å². The molecule has 1 aromatic rings. The summed E-state index contributed by atoms with van der Waals surface area (Å²) in [5.74, 6) is 0. The van der Waals surface area contributed by atoms with Gasteiger partial charge in [-0.1, -0.05) is 12.1 Å². The topological polar surface area (TPSA) is 0 Å². The van der Waals surface area contributed by atoms with Crippen LogP contribution < -0.4 is 0 Å². The molecule has 0 N–H and O–H groups in total. The zero-order valence-corrected chi connectivity index (χ0v) is 8.65. The molecule has 0 aliphatic heterocycles. The van der Waals surface area contributed by atoms with Crippen LogP contribution in [0.15, 0.2) is 46.4 Å². The zero-order chi connectivity index (χ0) is 7.98. The van der Waals surface area contributed by atoms with Gasteiger partial charge in [-0.2, -0.15) is 0 Å². The molecule has 0 unspecified atom stereocenters. The highest BCUT2D eigenvalue weighted by Gasteiger charge is 1.88. The fraction of sp³-hybridized carbons (Fsp3) is 0. The molecule has 0 aliphatic carbocycles. The second-order valence-electron chi connectivity index (χ2n) is 1.41. The summed E-state index contributed by atoms with van der Waals surface area (Å²) in [5.41, 5.74) is 0. The lowest BCUT2D eigenvalue weighted by atomic mass is 10.4. The molecule has 0 atom stereocenters. The standard InChI is InChI=1S/C6H4Br2.C2H4/c7-5-3-1-2-4-6(5)8;1-2/h1-4H;1-2H2. The van der Waals surface area contributed by atoms with Crippen molar-refractivity contribution in [3.8, 4) is 0 Å². The van der Waals surface area contributed by atoms with Gasteiger partial charge >= 0.3 is 0 Å². The molecule has 0 saturated carbocycles. The van der Waals surface area contributed by atoms with Crippen LogP contribution in [0.3, 0.4) is 0 Å². The maximum atomic E-state index is 3.35. The molecule has 2 heteroatoms. The molecule has 0 amide bonds.